The van der Waals surface area contributed by atoms with Crippen molar-refractivity contribution in [1.82, 2.24) is 20.2 Å². The quantitative estimate of drug-likeness (QED) is 0.626. The Morgan fingerprint density at radius 2 is 1.52 bits per heavy atom. The zero-order valence-electron chi connectivity index (χ0n) is 17.7. The van der Waals surface area contributed by atoms with E-state index in [1.807, 2.05) is 18.2 Å². The fourth-order valence-electron chi connectivity index (χ4n) is 3.62. The van der Waals surface area contributed by atoms with Crippen LogP contribution in [-0.4, -0.2) is 51.7 Å². The van der Waals surface area contributed by atoms with Gasteiger partial charge in [-0.15, -0.1) is 0 Å². The molecule has 1 aromatic heterocycles. The van der Waals surface area contributed by atoms with Gasteiger partial charge in [0.2, 0.25) is 0 Å². The van der Waals surface area contributed by atoms with E-state index in [1.54, 1.807) is 17.0 Å². The summed E-state index contributed by atoms with van der Waals surface area (Å²) in [4.78, 5) is 47.8. The SMILES string of the molecule is O=C(Nc1nccnc1C(=O)NC1CCN(C(=O)c2ccccc2)CC1)c1ccc(F)cc1. The average molecular weight is 447 g/mol. The molecule has 1 fully saturated rings. The van der Waals surface area contributed by atoms with E-state index in [0.29, 0.717) is 31.5 Å². The summed E-state index contributed by atoms with van der Waals surface area (Å²) in [6.07, 6.45) is 3.93. The predicted octanol–water partition coefficient (Wildman–Crippen LogP) is 2.90. The molecule has 0 bridgehead atoms. The van der Waals surface area contributed by atoms with Crippen LogP contribution in [0, 0.1) is 5.82 Å². The molecule has 2 aromatic carbocycles. The summed E-state index contributed by atoms with van der Waals surface area (Å²) in [5.41, 5.74) is 0.848. The summed E-state index contributed by atoms with van der Waals surface area (Å²) in [6, 6.07) is 14.0. The van der Waals surface area contributed by atoms with Crippen LogP contribution in [0.3, 0.4) is 0 Å². The monoisotopic (exact) mass is 447 g/mol. The maximum absolute atomic E-state index is 13.1. The Morgan fingerprint density at radius 3 is 2.21 bits per heavy atom. The van der Waals surface area contributed by atoms with Crippen molar-refractivity contribution in [2.75, 3.05) is 18.4 Å². The first-order valence-electron chi connectivity index (χ1n) is 10.5. The average Bonchev–Trinajstić information content (AvgIpc) is 2.85. The lowest BCUT2D eigenvalue weighted by Crippen LogP contribution is -2.46. The molecule has 4 rings (SSSR count). The van der Waals surface area contributed by atoms with Gasteiger partial charge in [0.15, 0.2) is 11.5 Å². The number of aromatic nitrogens is 2. The van der Waals surface area contributed by atoms with Gasteiger partial charge in [0.1, 0.15) is 5.82 Å². The van der Waals surface area contributed by atoms with Crippen molar-refractivity contribution >= 4 is 23.5 Å². The molecule has 1 aliphatic rings. The summed E-state index contributed by atoms with van der Waals surface area (Å²) in [6.45, 7) is 1.04. The van der Waals surface area contributed by atoms with E-state index in [-0.39, 0.29) is 29.0 Å². The van der Waals surface area contributed by atoms with Crippen molar-refractivity contribution in [3.8, 4) is 0 Å². The molecule has 8 nitrogen and oxygen atoms in total. The number of anilines is 1. The van der Waals surface area contributed by atoms with Gasteiger partial charge in [-0.1, -0.05) is 18.2 Å². The van der Waals surface area contributed by atoms with Crippen LogP contribution in [0.4, 0.5) is 10.2 Å². The van der Waals surface area contributed by atoms with Crippen LogP contribution in [0.2, 0.25) is 0 Å². The molecule has 9 heteroatoms. The minimum atomic E-state index is -0.530. The molecule has 1 saturated heterocycles. The van der Waals surface area contributed by atoms with Gasteiger partial charge >= 0.3 is 0 Å². The molecule has 0 spiro atoms. The van der Waals surface area contributed by atoms with Gasteiger partial charge in [0, 0.05) is 42.7 Å². The third-order valence-electron chi connectivity index (χ3n) is 5.39. The van der Waals surface area contributed by atoms with Crippen molar-refractivity contribution < 1.29 is 18.8 Å². The normalized spacial score (nSPS) is 13.9. The van der Waals surface area contributed by atoms with Crippen molar-refractivity contribution in [3.63, 3.8) is 0 Å². The van der Waals surface area contributed by atoms with Crippen LogP contribution >= 0.6 is 0 Å². The Bertz CT molecular complexity index is 1150. The minimum absolute atomic E-state index is 0.0148. The number of amides is 3. The van der Waals surface area contributed by atoms with E-state index in [2.05, 4.69) is 20.6 Å². The number of carbonyl (C=O) groups is 3. The molecular weight excluding hydrogens is 425 g/mol. The first-order valence-corrected chi connectivity index (χ1v) is 10.5. The highest BCUT2D eigenvalue weighted by Crippen LogP contribution is 2.16. The molecule has 0 atom stereocenters. The van der Waals surface area contributed by atoms with E-state index in [1.165, 1.54) is 36.7 Å². The van der Waals surface area contributed by atoms with Gasteiger partial charge in [0.25, 0.3) is 17.7 Å². The molecule has 1 aliphatic heterocycles. The van der Waals surface area contributed by atoms with E-state index in [0.717, 1.165) is 0 Å². The molecule has 3 amide bonds. The topological polar surface area (TPSA) is 104 Å². The second-order valence-electron chi connectivity index (χ2n) is 7.62. The number of rotatable bonds is 5. The Hall–Kier alpha value is -4.14. The van der Waals surface area contributed by atoms with Gasteiger partial charge in [-0.05, 0) is 49.2 Å². The highest BCUT2D eigenvalue weighted by atomic mass is 19.1. The number of piperidine rings is 1. The highest BCUT2D eigenvalue weighted by Gasteiger charge is 2.26. The summed E-state index contributed by atoms with van der Waals surface area (Å²) >= 11 is 0. The van der Waals surface area contributed by atoms with Crippen LogP contribution in [0.1, 0.15) is 44.0 Å². The number of likely N-dealkylation sites (tertiary alicyclic amines) is 1. The van der Waals surface area contributed by atoms with E-state index in [4.69, 9.17) is 0 Å². The van der Waals surface area contributed by atoms with Gasteiger partial charge in [0.05, 0.1) is 0 Å². The predicted molar refractivity (Wildman–Crippen MR) is 119 cm³/mol. The zero-order chi connectivity index (χ0) is 23.2. The molecule has 2 N–H and O–H groups in total. The Labute approximate surface area is 189 Å². The van der Waals surface area contributed by atoms with Crippen LogP contribution in [0.15, 0.2) is 67.0 Å². The zero-order valence-corrected chi connectivity index (χ0v) is 17.7. The molecule has 168 valence electrons. The Morgan fingerprint density at radius 1 is 0.848 bits per heavy atom. The molecule has 3 aromatic rings. The van der Waals surface area contributed by atoms with E-state index >= 15 is 0 Å². The number of hydrogen-bond acceptors (Lipinski definition) is 5. The number of benzene rings is 2. The number of carbonyl (C=O) groups excluding carboxylic acids is 3. The molecule has 2 heterocycles. The van der Waals surface area contributed by atoms with Crippen LogP contribution < -0.4 is 10.6 Å². The van der Waals surface area contributed by atoms with Gasteiger partial charge < -0.3 is 15.5 Å². The van der Waals surface area contributed by atoms with E-state index < -0.39 is 17.6 Å². The molecule has 0 unspecified atom stereocenters. The van der Waals surface area contributed by atoms with Crippen molar-refractivity contribution in [2.45, 2.75) is 18.9 Å². The fourth-order valence-corrected chi connectivity index (χ4v) is 3.62. The van der Waals surface area contributed by atoms with Crippen molar-refractivity contribution in [2.24, 2.45) is 0 Å². The lowest BCUT2D eigenvalue weighted by molar-refractivity contribution is 0.0697. The third-order valence-corrected chi connectivity index (χ3v) is 5.39. The lowest BCUT2D eigenvalue weighted by Gasteiger charge is -2.32. The summed E-state index contributed by atoms with van der Waals surface area (Å²) in [5.74, 6) is -1.47. The number of hydrogen-bond donors (Lipinski definition) is 2. The third kappa shape index (κ3) is 5.38. The molecule has 0 saturated carbocycles. The molecular formula is C24H22FN5O3. The first kappa shape index (κ1) is 22.1. The Balaban J connectivity index is 1.36. The van der Waals surface area contributed by atoms with Crippen LogP contribution in [-0.2, 0) is 0 Å². The first-order chi connectivity index (χ1) is 16.0. The minimum Gasteiger partial charge on any atom is -0.348 e. The maximum atomic E-state index is 13.1. The van der Waals surface area contributed by atoms with Gasteiger partial charge in [-0.25, -0.2) is 14.4 Å². The number of halogens is 1. The van der Waals surface area contributed by atoms with Gasteiger partial charge in [-0.2, -0.15) is 0 Å². The molecule has 0 aliphatic carbocycles. The number of nitrogens with zero attached hydrogens (tertiary/aromatic N) is 3. The second kappa shape index (κ2) is 9.99. The molecule has 33 heavy (non-hydrogen) atoms. The number of nitrogens with one attached hydrogen (secondary N) is 2. The van der Waals surface area contributed by atoms with Crippen molar-refractivity contribution in [3.05, 3.63) is 89.6 Å². The van der Waals surface area contributed by atoms with E-state index in [9.17, 15) is 18.8 Å². The van der Waals surface area contributed by atoms with Gasteiger partial charge in [-0.3, -0.25) is 14.4 Å². The molecule has 0 radical (unpaired) electrons. The second-order valence-corrected chi connectivity index (χ2v) is 7.62. The smallest absolute Gasteiger partial charge is 0.273 e. The standard InChI is InChI=1S/C24H22FN5O3/c25-18-8-6-16(7-9-18)22(31)29-21-20(26-12-13-27-21)23(32)28-19-10-14-30(15-11-19)24(33)17-4-2-1-3-5-17/h1-9,12-13,19H,10-11,14-15H2,(H,28,32)(H,27,29,31). The highest BCUT2D eigenvalue weighted by molar-refractivity contribution is 6.07. The Kier molecular flexibility index (Phi) is 6.68. The maximum Gasteiger partial charge on any atom is 0.273 e. The van der Waals surface area contributed by atoms with Crippen LogP contribution in [0.25, 0.3) is 0 Å². The largest absolute Gasteiger partial charge is 0.348 e. The van der Waals surface area contributed by atoms with Crippen LogP contribution in [0.5, 0.6) is 0 Å². The summed E-state index contributed by atoms with van der Waals surface area (Å²) in [5, 5.41) is 5.47. The summed E-state index contributed by atoms with van der Waals surface area (Å²) in [7, 11) is 0. The van der Waals surface area contributed by atoms with Crippen molar-refractivity contribution in [1.29, 1.82) is 0 Å². The fraction of sp³-hybridized carbons (Fsp3) is 0.208. The summed E-state index contributed by atoms with van der Waals surface area (Å²) < 4.78 is 13.1. The lowest BCUT2D eigenvalue weighted by atomic mass is 10.0.